The molecule has 2 heteroatoms. The second kappa shape index (κ2) is 5.60. The van der Waals surface area contributed by atoms with Crippen LogP contribution in [0.15, 0.2) is 24.3 Å². The van der Waals surface area contributed by atoms with Gasteiger partial charge in [0.05, 0.1) is 6.61 Å². The van der Waals surface area contributed by atoms with Gasteiger partial charge < -0.3 is 10.1 Å². The van der Waals surface area contributed by atoms with Crippen molar-refractivity contribution in [2.45, 2.75) is 20.0 Å². The Balaban J connectivity index is 2.54. The highest BCUT2D eigenvalue weighted by Crippen LogP contribution is 2.14. The first-order valence-electron chi connectivity index (χ1n) is 4.72. The molecule has 0 spiro atoms. The van der Waals surface area contributed by atoms with Gasteiger partial charge in [-0.25, -0.2) is 0 Å². The van der Waals surface area contributed by atoms with Crippen molar-refractivity contribution in [2.24, 2.45) is 0 Å². The summed E-state index contributed by atoms with van der Waals surface area (Å²) >= 11 is 0. The first-order valence-corrected chi connectivity index (χ1v) is 4.72. The summed E-state index contributed by atoms with van der Waals surface area (Å²) in [7, 11) is 1.93. The van der Waals surface area contributed by atoms with Gasteiger partial charge in [-0.15, -0.1) is 0 Å². The largest absolute Gasteiger partial charge is 0.388 e. The minimum absolute atomic E-state index is 0.699. The van der Waals surface area contributed by atoms with Crippen molar-refractivity contribution in [2.75, 3.05) is 19.0 Å². The van der Waals surface area contributed by atoms with E-state index in [4.69, 9.17) is 4.74 Å². The van der Waals surface area contributed by atoms with Crippen molar-refractivity contribution in [3.05, 3.63) is 29.8 Å². The van der Waals surface area contributed by atoms with Gasteiger partial charge in [-0.1, -0.05) is 25.1 Å². The van der Waals surface area contributed by atoms with Crippen LogP contribution < -0.4 is 5.32 Å². The maximum Gasteiger partial charge on any atom is 0.0736 e. The maximum absolute atomic E-state index is 5.47. The molecular formula is C11H17NO. The molecule has 0 saturated heterocycles. The zero-order valence-corrected chi connectivity index (χ0v) is 8.34. The van der Waals surface area contributed by atoms with E-state index in [9.17, 15) is 0 Å². The van der Waals surface area contributed by atoms with E-state index in [0.29, 0.717) is 6.61 Å². The topological polar surface area (TPSA) is 21.3 Å². The van der Waals surface area contributed by atoms with Crippen LogP contribution in [0.3, 0.4) is 0 Å². The number of ether oxygens (including phenoxy) is 1. The minimum atomic E-state index is 0.699. The molecule has 0 amide bonds. The Bertz CT molecular complexity index is 248. The van der Waals surface area contributed by atoms with E-state index in [0.717, 1.165) is 18.7 Å². The molecule has 0 atom stereocenters. The van der Waals surface area contributed by atoms with E-state index in [-0.39, 0.29) is 0 Å². The molecule has 0 unspecified atom stereocenters. The summed E-state index contributed by atoms with van der Waals surface area (Å²) in [4.78, 5) is 0. The van der Waals surface area contributed by atoms with Gasteiger partial charge in [0.2, 0.25) is 0 Å². The van der Waals surface area contributed by atoms with Crippen LogP contribution in [0.2, 0.25) is 0 Å². The molecule has 72 valence electrons. The van der Waals surface area contributed by atoms with Crippen LogP contribution in [0, 0.1) is 0 Å². The number of nitrogens with one attached hydrogen (secondary N) is 1. The summed E-state index contributed by atoms with van der Waals surface area (Å²) in [6.07, 6.45) is 1.07. The second-order valence-electron chi connectivity index (χ2n) is 2.96. The molecule has 1 aromatic rings. The van der Waals surface area contributed by atoms with Gasteiger partial charge >= 0.3 is 0 Å². The minimum Gasteiger partial charge on any atom is -0.388 e. The van der Waals surface area contributed by atoms with Crippen LogP contribution in [-0.2, 0) is 11.3 Å². The van der Waals surface area contributed by atoms with Gasteiger partial charge in [0, 0.05) is 24.9 Å². The Hall–Kier alpha value is -1.02. The number of rotatable bonds is 5. The van der Waals surface area contributed by atoms with Gasteiger partial charge in [0.1, 0.15) is 0 Å². The van der Waals surface area contributed by atoms with Crippen molar-refractivity contribution in [3.63, 3.8) is 0 Å². The highest BCUT2D eigenvalue weighted by atomic mass is 16.5. The van der Waals surface area contributed by atoms with E-state index in [1.54, 1.807) is 0 Å². The third kappa shape index (κ3) is 3.07. The molecule has 0 aliphatic heterocycles. The Morgan fingerprint density at radius 1 is 1.31 bits per heavy atom. The number of hydrogen-bond donors (Lipinski definition) is 1. The van der Waals surface area contributed by atoms with E-state index >= 15 is 0 Å². The van der Waals surface area contributed by atoms with Crippen LogP contribution in [0.4, 0.5) is 5.69 Å². The van der Waals surface area contributed by atoms with Crippen molar-refractivity contribution >= 4 is 5.69 Å². The van der Waals surface area contributed by atoms with Crippen molar-refractivity contribution in [3.8, 4) is 0 Å². The molecule has 0 fully saturated rings. The molecule has 0 saturated carbocycles. The van der Waals surface area contributed by atoms with Gasteiger partial charge in [-0.05, 0) is 12.5 Å². The number of para-hydroxylation sites is 1. The van der Waals surface area contributed by atoms with E-state index in [1.807, 2.05) is 19.2 Å². The molecule has 1 rings (SSSR count). The van der Waals surface area contributed by atoms with E-state index < -0.39 is 0 Å². The Morgan fingerprint density at radius 2 is 2.08 bits per heavy atom. The molecular weight excluding hydrogens is 162 g/mol. The molecule has 0 aliphatic rings. The first kappa shape index (κ1) is 10.1. The lowest BCUT2D eigenvalue weighted by atomic mass is 10.2. The van der Waals surface area contributed by atoms with E-state index in [2.05, 4.69) is 24.4 Å². The van der Waals surface area contributed by atoms with Crippen LogP contribution in [0.5, 0.6) is 0 Å². The fourth-order valence-corrected chi connectivity index (χ4v) is 1.22. The van der Waals surface area contributed by atoms with Crippen LogP contribution >= 0.6 is 0 Å². The maximum atomic E-state index is 5.47. The lowest BCUT2D eigenvalue weighted by molar-refractivity contribution is 0.122. The summed E-state index contributed by atoms with van der Waals surface area (Å²) in [6.45, 7) is 3.65. The summed E-state index contributed by atoms with van der Waals surface area (Å²) in [5, 5.41) is 3.14. The molecule has 0 heterocycles. The molecule has 1 aromatic carbocycles. The summed E-state index contributed by atoms with van der Waals surface area (Å²) in [5.41, 5.74) is 2.37. The second-order valence-corrected chi connectivity index (χ2v) is 2.96. The standard InChI is InChI=1S/C11H17NO/c1-3-8-13-9-10-6-4-5-7-11(10)12-2/h4-7,12H,3,8-9H2,1-2H3. The molecule has 0 radical (unpaired) electrons. The zero-order chi connectivity index (χ0) is 9.52. The van der Waals surface area contributed by atoms with Gasteiger partial charge in [0.15, 0.2) is 0 Å². The third-order valence-electron chi connectivity index (χ3n) is 1.89. The molecule has 2 nitrogen and oxygen atoms in total. The van der Waals surface area contributed by atoms with Crippen molar-refractivity contribution < 1.29 is 4.74 Å². The average Bonchev–Trinajstić information content (AvgIpc) is 2.19. The molecule has 1 N–H and O–H groups in total. The number of benzene rings is 1. The van der Waals surface area contributed by atoms with Crippen LogP contribution in [0.25, 0.3) is 0 Å². The normalized spacial score (nSPS) is 10.0. The SMILES string of the molecule is CCCOCc1ccccc1NC. The lowest BCUT2D eigenvalue weighted by Gasteiger charge is -2.08. The molecule has 0 aromatic heterocycles. The number of anilines is 1. The summed E-state index contributed by atoms with van der Waals surface area (Å²) in [5.74, 6) is 0. The highest BCUT2D eigenvalue weighted by Gasteiger charge is 1.98. The Labute approximate surface area is 79.9 Å². The quantitative estimate of drug-likeness (QED) is 0.702. The van der Waals surface area contributed by atoms with Gasteiger partial charge in [0.25, 0.3) is 0 Å². The molecule has 13 heavy (non-hydrogen) atoms. The van der Waals surface area contributed by atoms with Crippen molar-refractivity contribution in [1.82, 2.24) is 0 Å². The Kier molecular flexibility index (Phi) is 4.33. The molecule has 0 bridgehead atoms. The number of hydrogen-bond acceptors (Lipinski definition) is 2. The third-order valence-corrected chi connectivity index (χ3v) is 1.89. The smallest absolute Gasteiger partial charge is 0.0736 e. The predicted molar refractivity (Wildman–Crippen MR) is 55.9 cm³/mol. The van der Waals surface area contributed by atoms with E-state index in [1.165, 1.54) is 5.56 Å². The average molecular weight is 179 g/mol. The summed E-state index contributed by atoms with van der Waals surface area (Å²) < 4.78 is 5.47. The van der Waals surface area contributed by atoms with Crippen molar-refractivity contribution in [1.29, 1.82) is 0 Å². The zero-order valence-electron chi connectivity index (χ0n) is 8.34. The highest BCUT2D eigenvalue weighted by molar-refractivity contribution is 5.50. The lowest BCUT2D eigenvalue weighted by Crippen LogP contribution is -1.98. The summed E-state index contributed by atoms with van der Waals surface area (Å²) in [6, 6.07) is 8.20. The fraction of sp³-hybridized carbons (Fsp3) is 0.455. The van der Waals surface area contributed by atoms with Gasteiger partial charge in [-0.2, -0.15) is 0 Å². The predicted octanol–water partition coefficient (Wildman–Crippen LogP) is 2.65. The van der Waals surface area contributed by atoms with Crippen LogP contribution in [-0.4, -0.2) is 13.7 Å². The fourth-order valence-electron chi connectivity index (χ4n) is 1.22. The monoisotopic (exact) mass is 179 g/mol. The first-order chi connectivity index (χ1) is 6.38. The Morgan fingerprint density at radius 3 is 2.77 bits per heavy atom. The van der Waals surface area contributed by atoms with Crippen LogP contribution in [0.1, 0.15) is 18.9 Å². The van der Waals surface area contributed by atoms with Gasteiger partial charge in [-0.3, -0.25) is 0 Å². The molecule has 0 aliphatic carbocycles.